The monoisotopic (exact) mass is 200 g/mol. The summed E-state index contributed by atoms with van der Waals surface area (Å²) in [5.41, 5.74) is -0.832. The van der Waals surface area contributed by atoms with Crippen molar-refractivity contribution in [2.75, 3.05) is 7.11 Å². The van der Waals surface area contributed by atoms with Gasteiger partial charge in [0.15, 0.2) is 0 Å². The van der Waals surface area contributed by atoms with Crippen LogP contribution in [0.5, 0.6) is 0 Å². The van der Waals surface area contributed by atoms with Crippen LogP contribution in [-0.2, 0) is 9.53 Å². The minimum atomic E-state index is -0.832. The van der Waals surface area contributed by atoms with Gasteiger partial charge in [-0.15, -0.1) is 0 Å². The van der Waals surface area contributed by atoms with Gasteiger partial charge in [-0.25, -0.2) is 0 Å². The lowest BCUT2D eigenvalue weighted by molar-refractivity contribution is -0.157. The van der Waals surface area contributed by atoms with Gasteiger partial charge in [0.1, 0.15) is 0 Å². The fourth-order valence-electron chi connectivity index (χ4n) is 2.59. The number of rotatable bonds is 3. The van der Waals surface area contributed by atoms with Gasteiger partial charge in [-0.2, -0.15) is 0 Å². The molecule has 0 spiro atoms. The molecule has 1 N–H and O–H groups in total. The largest absolute Gasteiger partial charge is 0.469 e. The maximum atomic E-state index is 11.4. The first-order valence-electron chi connectivity index (χ1n) is 5.36. The van der Waals surface area contributed by atoms with Crippen LogP contribution in [0.4, 0.5) is 0 Å². The summed E-state index contributed by atoms with van der Waals surface area (Å²) in [5, 5.41) is 10.4. The van der Waals surface area contributed by atoms with E-state index in [-0.39, 0.29) is 11.9 Å². The number of carbonyl (C=O) groups excluding carboxylic acids is 1. The van der Waals surface area contributed by atoms with Gasteiger partial charge in [-0.05, 0) is 25.7 Å². The average Bonchev–Trinajstić information content (AvgIpc) is 2.58. The lowest BCUT2D eigenvalue weighted by atomic mass is 9.79. The Bertz CT molecular complexity index is 215. The van der Waals surface area contributed by atoms with Crippen molar-refractivity contribution < 1.29 is 14.6 Å². The first kappa shape index (κ1) is 11.5. The zero-order valence-electron chi connectivity index (χ0n) is 9.25. The van der Waals surface area contributed by atoms with Crippen molar-refractivity contribution in [2.24, 2.45) is 11.8 Å². The van der Waals surface area contributed by atoms with Crippen molar-refractivity contribution in [3.63, 3.8) is 0 Å². The van der Waals surface area contributed by atoms with E-state index in [9.17, 15) is 9.90 Å². The summed E-state index contributed by atoms with van der Waals surface area (Å²) < 4.78 is 4.68. The van der Waals surface area contributed by atoms with Gasteiger partial charge in [0, 0.05) is 0 Å². The highest BCUT2D eigenvalue weighted by Gasteiger charge is 2.47. The van der Waals surface area contributed by atoms with Gasteiger partial charge >= 0.3 is 5.97 Å². The predicted molar refractivity (Wildman–Crippen MR) is 53.8 cm³/mol. The van der Waals surface area contributed by atoms with Gasteiger partial charge in [-0.1, -0.05) is 19.8 Å². The number of hydrogen-bond acceptors (Lipinski definition) is 3. The van der Waals surface area contributed by atoms with Crippen molar-refractivity contribution in [3.8, 4) is 0 Å². The Balaban J connectivity index is 2.77. The number of hydrogen-bond donors (Lipinski definition) is 1. The van der Waals surface area contributed by atoms with Gasteiger partial charge < -0.3 is 9.84 Å². The van der Waals surface area contributed by atoms with Crippen molar-refractivity contribution in [1.29, 1.82) is 0 Å². The molecule has 3 atom stereocenters. The normalized spacial score (nSPS) is 34.1. The summed E-state index contributed by atoms with van der Waals surface area (Å²) in [6, 6.07) is 0. The molecule has 1 aliphatic rings. The van der Waals surface area contributed by atoms with Gasteiger partial charge in [0.2, 0.25) is 0 Å². The molecule has 0 heterocycles. The molecule has 3 heteroatoms. The Hall–Kier alpha value is -0.570. The van der Waals surface area contributed by atoms with Gasteiger partial charge in [-0.3, -0.25) is 4.79 Å². The molecule has 14 heavy (non-hydrogen) atoms. The van der Waals surface area contributed by atoms with Crippen molar-refractivity contribution in [3.05, 3.63) is 0 Å². The van der Waals surface area contributed by atoms with E-state index >= 15 is 0 Å². The lowest BCUT2D eigenvalue weighted by Gasteiger charge is -2.33. The Kier molecular flexibility index (Phi) is 3.53. The van der Waals surface area contributed by atoms with Crippen LogP contribution in [0.1, 0.15) is 39.5 Å². The maximum Gasteiger partial charge on any atom is 0.311 e. The topological polar surface area (TPSA) is 46.5 Å². The number of esters is 1. The molecule has 0 amide bonds. The second-order valence-electron chi connectivity index (χ2n) is 4.23. The van der Waals surface area contributed by atoms with E-state index < -0.39 is 11.5 Å². The zero-order chi connectivity index (χ0) is 10.8. The molecule has 3 unspecified atom stereocenters. The van der Waals surface area contributed by atoms with Crippen LogP contribution in [-0.4, -0.2) is 23.8 Å². The van der Waals surface area contributed by atoms with Crippen molar-refractivity contribution in [2.45, 2.75) is 45.1 Å². The SMILES string of the molecule is CCC1CCCC1(O)C(C)C(=O)OC. The Morgan fingerprint density at radius 3 is 2.86 bits per heavy atom. The molecule has 0 saturated heterocycles. The molecule has 82 valence electrons. The summed E-state index contributed by atoms with van der Waals surface area (Å²) in [6.07, 6.45) is 3.68. The molecule has 1 aliphatic carbocycles. The third-order valence-electron chi connectivity index (χ3n) is 3.63. The zero-order valence-corrected chi connectivity index (χ0v) is 9.25. The highest BCUT2D eigenvalue weighted by molar-refractivity contribution is 5.73. The molecular formula is C11H20O3. The first-order chi connectivity index (χ1) is 6.56. The Morgan fingerprint density at radius 1 is 1.71 bits per heavy atom. The third-order valence-corrected chi connectivity index (χ3v) is 3.63. The molecule has 0 aromatic carbocycles. The number of ether oxygens (including phenoxy) is 1. The first-order valence-corrected chi connectivity index (χ1v) is 5.36. The Morgan fingerprint density at radius 2 is 2.36 bits per heavy atom. The summed E-state index contributed by atoms with van der Waals surface area (Å²) in [5.74, 6) is -0.454. The highest BCUT2D eigenvalue weighted by Crippen LogP contribution is 2.42. The summed E-state index contributed by atoms with van der Waals surface area (Å²) in [7, 11) is 1.37. The summed E-state index contributed by atoms with van der Waals surface area (Å²) in [4.78, 5) is 11.4. The van der Waals surface area contributed by atoms with Crippen molar-refractivity contribution in [1.82, 2.24) is 0 Å². The molecule has 3 nitrogen and oxygen atoms in total. The summed E-state index contributed by atoms with van der Waals surface area (Å²) in [6.45, 7) is 3.82. The minimum Gasteiger partial charge on any atom is -0.469 e. The van der Waals surface area contributed by atoms with Crippen LogP contribution >= 0.6 is 0 Å². The molecule has 0 bridgehead atoms. The molecule has 0 aliphatic heterocycles. The van der Waals surface area contributed by atoms with Crippen LogP contribution < -0.4 is 0 Å². The van der Waals surface area contributed by atoms with Crippen LogP contribution in [0.25, 0.3) is 0 Å². The van der Waals surface area contributed by atoms with Crippen LogP contribution in [0.15, 0.2) is 0 Å². The molecule has 0 aromatic heterocycles. The molecule has 0 radical (unpaired) electrons. The molecule has 1 saturated carbocycles. The van der Waals surface area contributed by atoms with E-state index in [2.05, 4.69) is 11.7 Å². The van der Waals surface area contributed by atoms with E-state index in [0.717, 1.165) is 25.7 Å². The van der Waals surface area contributed by atoms with E-state index in [0.29, 0.717) is 0 Å². The average molecular weight is 200 g/mol. The van der Waals surface area contributed by atoms with E-state index in [1.54, 1.807) is 6.92 Å². The van der Waals surface area contributed by atoms with E-state index in [1.165, 1.54) is 7.11 Å². The van der Waals surface area contributed by atoms with Gasteiger partial charge in [0.25, 0.3) is 0 Å². The standard InChI is InChI=1S/C11H20O3/c1-4-9-6-5-7-11(9,13)8(2)10(12)14-3/h8-9,13H,4-7H2,1-3H3. The molecule has 1 fully saturated rings. The number of methoxy groups -OCH3 is 1. The maximum absolute atomic E-state index is 11.4. The Labute approximate surface area is 85.5 Å². The minimum absolute atomic E-state index is 0.247. The van der Waals surface area contributed by atoms with E-state index in [4.69, 9.17) is 0 Å². The predicted octanol–water partition coefficient (Wildman–Crippen LogP) is 1.74. The quantitative estimate of drug-likeness (QED) is 0.706. The number of carbonyl (C=O) groups is 1. The van der Waals surface area contributed by atoms with Crippen LogP contribution in [0, 0.1) is 11.8 Å². The van der Waals surface area contributed by atoms with Gasteiger partial charge in [0.05, 0.1) is 18.6 Å². The van der Waals surface area contributed by atoms with Crippen LogP contribution in [0.2, 0.25) is 0 Å². The molecule has 0 aromatic rings. The third kappa shape index (κ3) is 1.78. The van der Waals surface area contributed by atoms with Crippen LogP contribution in [0.3, 0.4) is 0 Å². The van der Waals surface area contributed by atoms with E-state index in [1.807, 2.05) is 0 Å². The fourth-order valence-corrected chi connectivity index (χ4v) is 2.59. The fraction of sp³-hybridized carbons (Fsp3) is 0.909. The second kappa shape index (κ2) is 4.30. The number of aliphatic hydroxyl groups is 1. The summed E-state index contributed by atoms with van der Waals surface area (Å²) >= 11 is 0. The molecular weight excluding hydrogens is 180 g/mol. The smallest absolute Gasteiger partial charge is 0.311 e. The van der Waals surface area contributed by atoms with Crippen molar-refractivity contribution >= 4 is 5.97 Å². The second-order valence-corrected chi connectivity index (χ2v) is 4.23. The highest BCUT2D eigenvalue weighted by atomic mass is 16.5. The molecule has 1 rings (SSSR count). The lowest BCUT2D eigenvalue weighted by Crippen LogP contribution is -2.44.